The van der Waals surface area contributed by atoms with Gasteiger partial charge in [0, 0.05) is 17.0 Å². The Hall–Kier alpha value is -2.63. The predicted molar refractivity (Wildman–Crippen MR) is 139 cm³/mol. The minimum atomic E-state index is -0.127. The monoisotopic (exact) mass is 493 g/mol. The van der Waals surface area contributed by atoms with Gasteiger partial charge in [-0.05, 0) is 43.1 Å². The molecule has 0 aliphatic heterocycles. The van der Waals surface area contributed by atoms with Gasteiger partial charge in [-0.3, -0.25) is 4.79 Å². The van der Waals surface area contributed by atoms with Crippen LogP contribution in [0.15, 0.2) is 35.5 Å². The Morgan fingerprint density at radius 2 is 2.06 bits per heavy atom. The van der Waals surface area contributed by atoms with E-state index in [1.807, 2.05) is 41.8 Å². The van der Waals surface area contributed by atoms with Gasteiger partial charge in [-0.1, -0.05) is 69.3 Å². The summed E-state index contributed by atoms with van der Waals surface area (Å²) in [6, 6.07) is 12.3. The molecule has 34 heavy (non-hydrogen) atoms. The maximum Gasteiger partial charge on any atom is 0.235 e. The summed E-state index contributed by atoms with van der Waals surface area (Å²) in [5.41, 5.74) is 3.06. The first-order chi connectivity index (χ1) is 16.4. The van der Waals surface area contributed by atoms with Crippen LogP contribution in [0.2, 0.25) is 0 Å². The number of nitrogens with zero attached hydrogens (tertiary/aromatic N) is 4. The summed E-state index contributed by atoms with van der Waals surface area (Å²) in [6.45, 7) is 9.67. The largest absolute Gasteiger partial charge is 0.316 e. The zero-order chi connectivity index (χ0) is 24.3. The normalized spacial score (nSPS) is 15.6. The molecule has 178 valence electrons. The number of thiophene rings is 1. The molecule has 0 fully saturated rings. The highest BCUT2D eigenvalue weighted by atomic mass is 32.2. The number of nitriles is 1. The molecular formula is C26H31N5OS2. The topological polar surface area (TPSA) is 83.6 Å². The Balaban J connectivity index is 1.45. The van der Waals surface area contributed by atoms with E-state index in [4.69, 9.17) is 0 Å². The molecule has 3 aromatic rings. The number of amides is 1. The van der Waals surface area contributed by atoms with Crippen molar-refractivity contribution in [2.45, 2.75) is 65.1 Å². The number of carbonyl (C=O) groups is 1. The number of thioether (sulfide) groups is 1. The van der Waals surface area contributed by atoms with E-state index in [2.05, 4.69) is 42.4 Å². The molecule has 0 saturated heterocycles. The number of aromatic nitrogens is 3. The second kappa shape index (κ2) is 10.3. The lowest BCUT2D eigenvalue weighted by Crippen LogP contribution is -2.28. The summed E-state index contributed by atoms with van der Waals surface area (Å²) in [5, 5.41) is 22.9. The smallest absolute Gasteiger partial charge is 0.235 e. The number of rotatable bonds is 8. The summed E-state index contributed by atoms with van der Waals surface area (Å²) in [5.74, 6) is 1.49. The number of hydrogen-bond acceptors (Lipinski definition) is 6. The van der Waals surface area contributed by atoms with Crippen molar-refractivity contribution in [3.05, 3.63) is 46.3 Å². The SMILES string of the molecule is CCn1c(SCC(=O)Nc2sc3c(c2C#N)CCC(C(C)(C)CC)C3)nnc1-c1ccccc1. The van der Waals surface area contributed by atoms with Gasteiger partial charge in [0.15, 0.2) is 11.0 Å². The van der Waals surface area contributed by atoms with E-state index < -0.39 is 0 Å². The van der Waals surface area contributed by atoms with E-state index >= 15 is 0 Å². The van der Waals surface area contributed by atoms with Crippen LogP contribution in [0.1, 0.15) is 56.5 Å². The highest BCUT2D eigenvalue weighted by molar-refractivity contribution is 7.99. The number of fused-ring (bicyclic) bond motifs is 1. The summed E-state index contributed by atoms with van der Waals surface area (Å²) in [7, 11) is 0. The maximum absolute atomic E-state index is 12.8. The van der Waals surface area contributed by atoms with Crippen LogP contribution >= 0.6 is 23.1 Å². The molecule has 0 spiro atoms. The van der Waals surface area contributed by atoms with E-state index in [0.29, 0.717) is 28.2 Å². The van der Waals surface area contributed by atoms with Crippen molar-refractivity contribution in [3.8, 4) is 17.5 Å². The van der Waals surface area contributed by atoms with Gasteiger partial charge in [-0.25, -0.2) is 0 Å². The molecule has 0 radical (unpaired) electrons. The third kappa shape index (κ3) is 4.91. The highest BCUT2D eigenvalue weighted by Gasteiger charge is 2.34. The van der Waals surface area contributed by atoms with Crippen LogP contribution in [-0.2, 0) is 24.2 Å². The van der Waals surface area contributed by atoms with E-state index in [1.54, 1.807) is 11.3 Å². The van der Waals surface area contributed by atoms with Crippen molar-refractivity contribution in [2.24, 2.45) is 11.3 Å². The number of nitrogens with one attached hydrogen (secondary N) is 1. The number of hydrogen-bond donors (Lipinski definition) is 1. The third-order valence-corrected chi connectivity index (χ3v) is 9.18. The molecule has 6 nitrogen and oxygen atoms in total. The minimum absolute atomic E-state index is 0.127. The number of carbonyl (C=O) groups excluding carboxylic acids is 1. The fourth-order valence-corrected chi connectivity index (χ4v) is 6.62. The van der Waals surface area contributed by atoms with Gasteiger partial charge >= 0.3 is 0 Å². The minimum Gasteiger partial charge on any atom is -0.316 e. The second-order valence-electron chi connectivity index (χ2n) is 9.35. The summed E-state index contributed by atoms with van der Waals surface area (Å²) < 4.78 is 2.02. The van der Waals surface area contributed by atoms with Crippen molar-refractivity contribution < 1.29 is 4.79 Å². The average Bonchev–Trinajstić information content (AvgIpc) is 3.42. The average molecular weight is 494 g/mol. The van der Waals surface area contributed by atoms with E-state index in [0.717, 1.165) is 42.6 Å². The van der Waals surface area contributed by atoms with Crippen LogP contribution in [-0.4, -0.2) is 26.4 Å². The standard InChI is InChI=1S/C26H31N5OS2/c1-5-26(3,4)18-12-13-19-20(15-27)24(34-21(19)14-18)28-22(32)16-33-25-30-29-23(31(25)6-2)17-10-8-7-9-11-17/h7-11,18H,5-6,12-14,16H2,1-4H3,(H,28,32). The molecule has 2 aromatic heterocycles. The Morgan fingerprint density at radius 3 is 2.74 bits per heavy atom. The molecule has 8 heteroatoms. The molecule has 0 bridgehead atoms. The zero-order valence-corrected chi connectivity index (χ0v) is 21.9. The molecular weight excluding hydrogens is 462 g/mol. The van der Waals surface area contributed by atoms with Gasteiger partial charge in [0.05, 0.1) is 11.3 Å². The van der Waals surface area contributed by atoms with Gasteiger partial charge in [0.2, 0.25) is 5.91 Å². The van der Waals surface area contributed by atoms with Gasteiger partial charge in [0.1, 0.15) is 11.1 Å². The molecule has 1 amide bonds. The van der Waals surface area contributed by atoms with Crippen LogP contribution in [0.3, 0.4) is 0 Å². The first-order valence-electron chi connectivity index (χ1n) is 11.8. The van der Waals surface area contributed by atoms with Crippen LogP contribution in [0.4, 0.5) is 5.00 Å². The van der Waals surface area contributed by atoms with E-state index in [1.165, 1.54) is 16.6 Å². The first-order valence-corrected chi connectivity index (χ1v) is 13.6. The number of benzene rings is 1. The first kappa shape index (κ1) is 24.5. The van der Waals surface area contributed by atoms with Crippen LogP contribution in [0.25, 0.3) is 11.4 Å². The summed E-state index contributed by atoms with van der Waals surface area (Å²) in [6.07, 6.45) is 4.13. The molecule has 1 aliphatic carbocycles. The number of anilines is 1. The molecule has 1 N–H and O–H groups in total. The second-order valence-corrected chi connectivity index (χ2v) is 11.4. The Kier molecular flexibility index (Phi) is 7.44. The lowest BCUT2D eigenvalue weighted by molar-refractivity contribution is -0.113. The van der Waals surface area contributed by atoms with Gasteiger partial charge in [-0.2, -0.15) is 5.26 Å². The Bertz CT molecular complexity index is 1210. The quantitative estimate of drug-likeness (QED) is 0.379. The van der Waals surface area contributed by atoms with Gasteiger partial charge < -0.3 is 9.88 Å². The predicted octanol–water partition coefficient (Wildman–Crippen LogP) is 6.17. The highest BCUT2D eigenvalue weighted by Crippen LogP contribution is 2.45. The summed E-state index contributed by atoms with van der Waals surface area (Å²) >= 11 is 2.95. The van der Waals surface area contributed by atoms with Crippen LogP contribution < -0.4 is 5.32 Å². The van der Waals surface area contributed by atoms with Crippen molar-refractivity contribution in [3.63, 3.8) is 0 Å². The molecule has 1 aromatic carbocycles. The van der Waals surface area contributed by atoms with Crippen molar-refractivity contribution in [1.82, 2.24) is 14.8 Å². The van der Waals surface area contributed by atoms with Gasteiger partial charge in [0.25, 0.3) is 0 Å². The van der Waals surface area contributed by atoms with Crippen molar-refractivity contribution in [1.29, 1.82) is 5.26 Å². The maximum atomic E-state index is 12.8. The van der Waals surface area contributed by atoms with Crippen molar-refractivity contribution in [2.75, 3.05) is 11.1 Å². The lowest BCUT2D eigenvalue weighted by Gasteiger charge is -2.36. The van der Waals surface area contributed by atoms with Crippen LogP contribution in [0.5, 0.6) is 0 Å². The molecule has 1 unspecified atom stereocenters. The van der Waals surface area contributed by atoms with Crippen LogP contribution in [0, 0.1) is 22.7 Å². The molecule has 4 rings (SSSR count). The summed E-state index contributed by atoms with van der Waals surface area (Å²) in [4.78, 5) is 14.1. The van der Waals surface area contributed by atoms with Crippen molar-refractivity contribution >= 4 is 34.0 Å². The third-order valence-electron chi connectivity index (χ3n) is 7.04. The Morgan fingerprint density at radius 1 is 1.29 bits per heavy atom. The van der Waals surface area contributed by atoms with Gasteiger partial charge in [-0.15, -0.1) is 21.5 Å². The molecule has 1 aliphatic rings. The zero-order valence-electron chi connectivity index (χ0n) is 20.2. The molecule has 0 saturated carbocycles. The Labute approximate surface area is 209 Å². The molecule has 1 atom stereocenters. The fourth-order valence-electron chi connectivity index (χ4n) is 4.52. The molecule has 2 heterocycles. The van der Waals surface area contributed by atoms with E-state index in [9.17, 15) is 10.1 Å². The van der Waals surface area contributed by atoms with E-state index in [-0.39, 0.29) is 17.1 Å². The fraction of sp³-hybridized carbons (Fsp3) is 0.462. The lowest BCUT2D eigenvalue weighted by atomic mass is 9.69.